The van der Waals surface area contributed by atoms with Crippen LogP contribution >= 0.6 is 0 Å². The van der Waals surface area contributed by atoms with Crippen molar-refractivity contribution in [1.82, 2.24) is 10.2 Å². The molecule has 0 radical (unpaired) electrons. The second-order valence-corrected chi connectivity index (χ2v) is 7.68. The lowest BCUT2D eigenvalue weighted by Gasteiger charge is -2.26. The van der Waals surface area contributed by atoms with Crippen LogP contribution in [0, 0.1) is 0 Å². The minimum Gasteiger partial charge on any atom is -0.496 e. The van der Waals surface area contributed by atoms with Gasteiger partial charge in [-0.1, -0.05) is 72.8 Å². The van der Waals surface area contributed by atoms with Crippen molar-refractivity contribution in [3.8, 4) is 5.75 Å². The Kier molecular flexibility index (Phi) is 8.80. The molecule has 0 aromatic heterocycles. The summed E-state index contributed by atoms with van der Waals surface area (Å²) >= 11 is 0. The van der Waals surface area contributed by atoms with Crippen molar-refractivity contribution < 1.29 is 23.9 Å². The molecule has 2 amide bonds. The zero-order valence-electron chi connectivity index (χ0n) is 19.3. The normalized spacial score (nSPS) is 11.2. The number of benzene rings is 3. The SMILES string of the molecule is COc1ccccc1C(=O)NCC(=O)OC(C)C(=O)N(Cc1ccccc1)Cc1ccccc1. The highest BCUT2D eigenvalue weighted by Gasteiger charge is 2.25. The van der Waals surface area contributed by atoms with Crippen LogP contribution in [0.4, 0.5) is 0 Å². The Balaban J connectivity index is 1.61. The van der Waals surface area contributed by atoms with Crippen LogP contribution in [0.2, 0.25) is 0 Å². The molecule has 0 heterocycles. The van der Waals surface area contributed by atoms with E-state index in [0.717, 1.165) is 11.1 Å². The van der Waals surface area contributed by atoms with Crippen molar-refractivity contribution in [2.75, 3.05) is 13.7 Å². The Bertz CT molecular complexity index is 1060. The molecule has 0 aliphatic heterocycles. The van der Waals surface area contributed by atoms with E-state index in [1.54, 1.807) is 29.2 Å². The molecule has 0 bridgehead atoms. The first-order valence-corrected chi connectivity index (χ1v) is 10.9. The molecule has 0 saturated heterocycles. The fourth-order valence-corrected chi connectivity index (χ4v) is 3.45. The Morgan fingerprint density at radius 2 is 1.35 bits per heavy atom. The van der Waals surface area contributed by atoms with E-state index < -0.39 is 18.0 Å². The summed E-state index contributed by atoms with van der Waals surface area (Å²) < 4.78 is 10.5. The molecule has 1 unspecified atom stereocenters. The molecule has 0 spiro atoms. The number of amides is 2. The third-order valence-electron chi connectivity index (χ3n) is 5.15. The summed E-state index contributed by atoms with van der Waals surface area (Å²) in [5, 5.41) is 2.51. The number of nitrogens with one attached hydrogen (secondary N) is 1. The number of esters is 1. The van der Waals surface area contributed by atoms with E-state index in [1.165, 1.54) is 14.0 Å². The lowest BCUT2D eigenvalue weighted by molar-refractivity contribution is -0.158. The van der Waals surface area contributed by atoms with Crippen molar-refractivity contribution >= 4 is 17.8 Å². The van der Waals surface area contributed by atoms with Gasteiger partial charge in [0.1, 0.15) is 12.3 Å². The molecule has 3 rings (SSSR count). The van der Waals surface area contributed by atoms with Crippen LogP contribution in [0.5, 0.6) is 5.75 Å². The molecule has 176 valence electrons. The number of hydrogen-bond acceptors (Lipinski definition) is 5. The molecule has 0 aliphatic carbocycles. The Morgan fingerprint density at radius 1 is 0.824 bits per heavy atom. The summed E-state index contributed by atoms with van der Waals surface area (Å²) in [5.74, 6) is -1.10. The average Bonchev–Trinajstić information content (AvgIpc) is 2.87. The molecule has 1 atom stereocenters. The van der Waals surface area contributed by atoms with E-state index in [4.69, 9.17) is 9.47 Å². The Hall–Kier alpha value is -4.13. The first-order chi connectivity index (χ1) is 16.5. The zero-order chi connectivity index (χ0) is 24.3. The lowest BCUT2D eigenvalue weighted by Crippen LogP contribution is -2.41. The number of nitrogens with zero attached hydrogens (tertiary/aromatic N) is 1. The molecular formula is C27H28N2O5. The molecule has 3 aromatic rings. The third-order valence-corrected chi connectivity index (χ3v) is 5.15. The number of carbonyl (C=O) groups excluding carboxylic acids is 3. The van der Waals surface area contributed by atoms with E-state index in [2.05, 4.69) is 5.32 Å². The second kappa shape index (κ2) is 12.2. The average molecular weight is 461 g/mol. The van der Waals surface area contributed by atoms with Gasteiger partial charge in [-0.25, -0.2) is 0 Å². The summed E-state index contributed by atoms with van der Waals surface area (Å²) in [6, 6.07) is 25.9. The maximum Gasteiger partial charge on any atom is 0.326 e. The van der Waals surface area contributed by atoms with Crippen molar-refractivity contribution in [3.05, 3.63) is 102 Å². The van der Waals surface area contributed by atoms with Gasteiger partial charge in [0, 0.05) is 13.1 Å². The second-order valence-electron chi connectivity index (χ2n) is 7.68. The predicted octanol–water partition coefficient (Wildman–Crippen LogP) is 3.59. The minimum absolute atomic E-state index is 0.304. The van der Waals surface area contributed by atoms with Gasteiger partial charge in [0.15, 0.2) is 6.10 Å². The van der Waals surface area contributed by atoms with Gasteiger partial charge < -0.3 is 19.7 Å². The molecule has 7 nitrogen and oxygen atoms in total. The largest absolute Gasteiger partial charge is 0.496 e. The summed E-state index contributed by atoms with van der Waals surface area (Å²) in [4.78, 5) is 39.6. The Morgan fingerprint density at radius 3 is 1.91 bits per heavy atom. The van der Waals surface area contributed by atoms with Crippen LogP contribution < -0.4 is 10.1 Å². The van der Waals surface area contributed by atoms with Gasteiger partial charge in [-0.15, -0.1) is 0 Å². The fourth-order valence-electron chi connectivity index (χ4n) is 3.45. The minimum atomic E-state index is -1.01. The first-order valence-electron chi connectivity index (χ1n) is 10.9. The standard InChI is InChI=1S/C27H28N2O5/c1-20(34-25(30)17-28-26(31)23-15-9-10-16-24(23)33-2)27(32)29(18-21-11-5-3-6-12-21)19-22-13-7-4-8-14-22/h3-16,20H,17-19H2,1-2H3,(H,28,31). The quantitative estimate of drug-likeness (QED) is 0.468. The maximum absolute atomic E-state index is 13.2. The van der Waals surface area contributed by atoms with Crippen LogP contribution in [0.3, 0.4) is 0 Å². The van der Waals surface area contributed by atoms with E-state index in [-0.39, 0.29) is 12.5 Å². The molecule has 1 N–H and O–H groups in total. The summed E-state index contributed by atoms with van der Waals surface area (Å²) in [6.07, 6.45) is -1.01. The number of para-hydroxylation sites is 1. The highest BCUT2D eigenvalue weighted by Crippen LogP contribution is 2.17. The predicted molar refractivity (Wildman–Crippen MR) is 128 cm³/mol. The number of hydrogen-bond donors (Lipinski definition) is 1. The lowest BCUT2D eigenvalue weighted by atomic mass is 10.1. The fraction of sp³-hybridized carbons (Fsp3) is 0.222. The van der Waals surface area contributed by atoms with E-state index in [9.17, 15) is 14.4 Å². The molecule has 0 fully saturated rings. The van der Waals surface area contributed by atoms with Crippen molar-refractivity contribution in [3.63, 3.8) is 0 Å². The van der Waals surface area contributed by atoms with Crippen LogP contribution in [0.15, 0.2) is 84.9 Å². The van der Waals surface area contributed by atoms with Crippen LogP contribution in [-0.2, 0) is 27.4 Å². The topological polar surface area (TPSA) is 84.9 Å². The molecule has 0 saturated carbocycles. The highest BCUT2D eigenvalue weighted by atomic mass is 16.5. The van der Waals surface area contributed by atoms with E-state index in [1.807, 2.05) is 60.7 Å². The van der Waals surface area contributed by atoms with E-state index in [0.29, 0.717) is 24.4 Å². The molecule has 0 aliphatic rings. The molecule has 3 aromatic carbocycles. The summed E-state index contributed by atoms with van der Waals surface area (Å²) in [7, 11) is 1.46. The van der Waals surface area contributed by atoms with Gasteiger partial charge in [0.2, 0.25) is 0 Å². The van der Waals surface area contributed by atoms with Crippen molar-refractivity contribution in [2.45, 2.75) is 26.1 Å². The number of methoxy groups -OCH3 is 1. The zero-order valence-corrected chi connectivity index (χ0v) is 19.3. The van der Waals surface area contributed by atoms with Gasteiger partial charge in [0.05, 0.1) is 12.7 Å². The first kappa shape index (κ1) is 24.5. The van der Waals surface area contributed by atoms with Crippen LogP contribution in [-0.4, -0.2) is 42.4 Å². The molecule has 7 heteroatoms. The number of ether oxygens (including phenoxy) is 2. The van der Waals surface area contributed by atoms with Crippen LogP contribution in [0.1, 0.15) is 28.4 Å². The van der Waals surface area contributed by atoms with Crippen molar-refractivity contribution in [1.29, 1.82) is 0 Å². The summed E-state index contributed by atoms with van der Waals surface area (Å²) in [6.45, 7) is 1.92. The number of rotatable bonds is 10. The molecule has 34 heavy (non-hydrogen) atoms. The van der Waals surface area contributed by atoms with Gasteiger partial charge in [-0.2, -0.15) is 0 Å². The maximum atomic E-state index is 13.2. The summed E-state index contributed by atoms with van der Waals surface area (Å²) in [5.41, 5.74) is 2.24. The third kappa shape index (κ3) is 6.93. The van der Waals surface area contributed by atoms with Crippen molar-refractivity contribution in [2.24, 2.45) is 0 Å². The van der Waals surface area contributed by atoms with Gasteiger partial charge in [-0.05, 0) is 30.2 Å². The van der Waals surface area contributed by atoms with Crippen LogP contribution in [0.25, 0.3) is 0 Å². The monoisotopic (exact) mass is 460 g/mol. The smallest absolute Gasteiger partial charge is 0.326 e. The van der Waals surface area contributed by atoms with E-state index >= 15 is 0 Å². The number of carbonyl (C=O) groups is 3. The molecular weight excluding hydrogens is 432 g/mol. The van der Waals surface area contributed by atoms with Gasteiger partial charge >= 0.3 is 5.97 Å². The van der Waals surface area contributed by atoms with Gasteiger partial charge in [-0.3, -0.25) is 14.4 Å². The van der Waals surface area contributed by atoms with Gasteiger partial charge in [0.25, 0.3) is 11.8 Å². The highest BCUT2D eigenvalue weighted by molar-refractivity contribution is 5.98. The Labute approximate surface area is 199 Å².